The van der Waals surface area contributed by atoms with Crippen molar-refractivity contribution in [3.8, 4) is 5.75 Å². The molecule has 3 saturated carbocycles. The molecule has 8 atom stereocenters. The number of methoxy groups -OCH3 is 1. The molecule has 3 nitrogen and oxygen atoms in total. The van der Waals surface area contributed by atoms with Gasteiger partial charge in [0.15, 0.2) is 0 Å². The standard InChI is InChI=1S/C26H35NO2/c1-16-15-22-26(3,14-12-23(28)27-22)21-11-13-25(2)19(9-10-20(25)24(16)21)17-5-7-18(29-4)8-6-17/h5-8,12,14,16,19-22,24H,9-11,13,15H2,1-4H3,(H,27,28)/t16-,19+,20?,21?,22?,24?,25+,26?/m0/s1. The lowest BCUT2D eigenvalue weighted by Gasteiger charge is -2.61. The highest BCUT2D eigenvalue weighted by Gasteiger charge is 2.61. The van der Waals surface area contributed by atoms with Crippen LogP contribution in [0.4, 0.5) is 0 Å². The molecule has 5 rings (SSSR count). The third-order valence-electron chi connectivity index (χ3n) is 9.58. The van der Waals surface area contributed by atoms with Crippen LogP contribution in [0.15, 0.2) is 36.4 Å². The molecule has 1 aromatic carbocycles. The molecule has 1 N–H and O–H groups in total. The molecule has 0 aromatic heterocycles. The van der Waals surface area contributed by atoms with Crippen LogP contribution in [0.3, 0.4) is 0 Å². The Morgan fingerprint density at radius 3 is 2.55 bits per heavy atom. The van der Waals surface area contributed by atoms with E-state index in [2.05, 4.69) is 56.4 Å². The molecule has 4 aliphatic rings. The number of carbonyl (C=O) groups excluding carboxylic acids is 1. The van der Waals surface area contributed by atoms with Crippen LogP contribution in [0.2, 0.25) is 0 Å². The number of fused-ring (bicyclic) bond motifs is 5. The Morgan fingerprint density at radius 1 is 1.07 bits per heavy atom. The second kappa shape index (κ2) is 6.62. The van der Waals surface area contributed by atoms with Gasteiger partial charge in [-0.1, -0.05) is 39.0 Å². The van der Waals surface area contributed by atoms with E-state index in [1.807, 2.05) is 0 Å². The van der Waals surface area contributed by atoms with Crippen molar-refractivity contribution >= 4 is 5.91 Å². The van der Waals surface area contributed by atoms with Crippen molar-refractivity contribution in [3.05, 3.63) is 42.0 Å². The Kier molecular flexibility index (Phi) is 4.38. The van der Waals surface area contributed by atoms with Crippen LogP contribution in [0, 0.1) is 34.5 Å². The zero-order valence-corrected chi connectivity index (χ0v) is 18.3. The van der Waals surface area contributed by atoms with E-state index in [1.54, 1.807) is 13.2 Å². The summed E-state index contributed by atoms with van der Waals surface area (Å²) in [4.78, 5) is 12.0. The molecular formula is C26H35NO2. The van der Waals surface area contributed by atoms with Crippen molar-refractivity contribution in [2.45, 2.75) is 64.8 Å². The summed E-state index contributed by atoms with van der Waals surface area (Å²) in [6, 6.07) is 9.15. The quantitative estimate of drug-likeness (QED) is 0.738. The van der Waals surface area contributed by atoms with E-state index in [9.17, 15) is 4.79 Å². The highest BCUT2D eigenvalue weighted by molar-refractivity contribution is 5.89. The lowest BCUT2D eigenvalue weighted by Crippen LogP contribution is -2.61. The van der Waals surface area contributed by atoms with Gasteiger partial charge in [0.25, 0.3) is 0 Å². The summed E-state index contributed by atoms with van der Waals surface area (Å²) >= 11 is 0. The first-order chi connectivity index (χ1) is 13.9. The Hall–Kier alpha value is -1.77. The van der Waals surface area contributed by atoms with Crippen molar-refractivity contribution < 1.29 is 9.53 Å². The maximum Gasteiger partial charge on any atom is 0.243 e. The maximum atomic E-state index is 12.0. The van der Waals surface area contributed by atoms with Gasteiger partial charge in [0.05, 0.1) is 7.11 Å². The van der Waals surface area contributed by atoms with E-state index in [0.29, 0.717) is 29.2 Å². The number of nitrogens with one attached hydrogen (secondary N) is 1. The largest absolute Gasteiger partial charge is 0.497 e. The second-order valence-corrected chi connectivity index (χ2v) is 10.7. The highest BCUT2D eigenvalue weighted by Crippen LogP contribution is 2.68. The van der Waals surface area contributed by atoms with Crippen LogP contribution < -0.4 is 10.1 Å². The minimum absolute atomic E-state index is 0.0965. The fourth-order valence-electron chi connectivity index (χ4n) is 8.07. The molecule has 0 bridgehead atoms. The number of benzene rings is 1. The summed E-state index contributed by atoms with van der Waals surface area (Å²) in [5.41, 5.74) is 1.99. The lowest BCUT2D eigenvalue weighted by molar-refractivity contribution is -0.125. The van der Waals surface area contributed by atoms with Gasteiger partial charge in [-0.3, -0.25) is 4.79 Å². The average Bonchev–Trinajstić information content (AvgIpc) is 3.06. The second-order valence-electron chi connectivity index (χ2n) is 10.7. The van der Waals surface area contributed by atoms with E-state index in [0.717, 1.165) is 24.0 Å². The normalized spacial score (nSPS) is 45.7. The first-order valence-electron chi connectivity index (χ1n) is 11.5. The van der Waals surface area contributed by atoms with Crippen molar-refractivity contribution in [1.29, 1.82) is 0 Å². The Labute approximate surface area is 175 Å². The van der Waals surface area contributed by atoms with Gasteiger partial charge in [0.2, 0.25) is 5.91 Å². The number of ether oxygens (including phenoxy) is 1. The molecule has 3 aliphatic carbocycles. The molecule has 0 radical (unpaired) electrons. The molecule has 5 unspecified atom stereocenters. The van der Waals surface area contributed by atoms with E-state index >= 15 is 0 Å². The van der Waals surface area contributed by atoms with E-state index < -0.39 is 0 Å². The van der Waals surface area contributed by atoms with Crippen LogP contribution in [0.1, 0.15) is 64.4 Å². The molecule has 3 fully saturated rings. The number of hydrogen-bond acceptors (Lipinski definition) is 2. The molecule has 3 heteroatoms. The van der Waals surface area contributed by atoms with Crippen LogP contribution >= 0.6 is 0 Å². The molecule has 0 spiro atoms. The topological polar surface area (TPSA) is 38.3 Å². The minimum atomic E-state index is 0.0965. The predicted octanol–water partition coefficient (Wildman–Crippen LogP) is 5.32. The van der Waals surface area contributed by atoms with Gasteiger partial charge in [0, 0.05) is 11.5 Å². The molecule has 1 amide bonds. The number of hydrogen-bond donors (Lipinski definition) is 1. The Bertz CT molecular complexity index is 830. The summed E-state index contributed by atoms with van der Waals surface area (Å²) in [6.07, 6.45) is 10.4. The molecule has 1 aliphatic heterocycles. The number of amides is 1. The number of carbonyl (C=O) groups is 1. The van der Waals surface area contributed by atoms with Gasteiger partial charge in [-0.15, -0.1) is 0 Å². The van der Waals surface area contributed by atoms with Gasteiger partial charge in [-0.05, 0) is 90.9 Å². The van der Waals surface area contributed by atoms with Gasteiger partial charge >= 0.3 is 0 Å². The van der Waals surface area contributed by atoms with Gasteiger partial charge in [-0.2, -0.15) is 0 Å². The monoisotopic (exact) mass is 393 g/mol. The van der Waals surface area contributed by atoms with Crippen LogP contribution in [0.25, 0.3) is 0 Å². The van der Waals surface area contributed by atoms with Gasteiger partial charge < -0.3 is 10.1 Å². The first kappa shape index (κ1) is 19.2. The molecular weight excluding hydrogens is 358 g/mol. The van der Waals surface area contributed by atoms with Crippen LogP contribution in [0.5, 0.6) is 5.75 Å². The zero-order valence-electron chi connectivity index (χ0n) is 18.3. The zero-order chi connectivity index (χ0) is 20.4. The van der Waals surface area contributed by atoms with Crippen molar-refractivity contribution in [2.24, 2.45) is 34.5 Å². The predicted molar refractivity (Wildman–Crippen MR) is 116 cm³/mol. The average molecular weight is 394 g/mol. The fraction of sp³-hybridized carbons (Fsp3) is 0.654. The summed E-state index contributed by atoms with van der Waals surface area (Å²) in [6.45, 7) is 7.44. The SMILES string of the molecule is COc1ccc([C@H]2CCC3C4C(CC[C@@]32C)C2(C)C=CC(=O)NC2C[C@@H]4C)cc1. The smallest absolute Gasteiger partial charge is 0.243 e. The Morgan fingerprint density at radius 2 is 1.83 bits per heavy atom. The highest BCUT2D eigenvalue weighted by atomic mass is 16.5. The van der Waals surface area contributed by atoms with E-state index in [-0.39, 0.29) is 11.3 Å². The summed E-state index contributed by atoms with van der Waals surface area (Å²) in [5, 5.41) is 3.30. The molecule has 0 saturated heterocycles. The minimum Gasteiger partial charge on any atom is -0.497 e. The molecule has 29 heavy (non-hydrogen) atoms. The summed E-state index contributed by atoms with van der Waals surface area (Å²) in [5.74, 6) is 4.59. The fourth-order valence-corrected chi connectivity index (χ4v) is 8.07. The van der Waals surface area contributed by atoms with Crippen LogP contribution in [-0.2, 0) is 4.79 Å². The van der Waals surface area contributed by atoms with E-state index in [1.165, 1.54) is 31.2 Å². The molecule has 1 heterocycles. The maximum absolute atomic E-state index is 12.0. The summed E-state index contributed by atoms with van der Waals surface area (Å²) < 4.78 is 5.38. The molecule has 156 valence electrons. The third kappa shape index (κ3) is 2.72. The van der Waals surface area contributed by atoms with Crippen molar-refractivity contribution in [2.75, 3.05) is 7.11 Å². The van der Waals surface area contributed by atoms with E-state index in [4.69, 9.17) is 4.74 Å². The first-order valence-corrected chi connectivity index (χ1v) is 11.5. The van der Waals surface area contributed by atoms with Gasteiger partial charge in [-0.25, -0.2) is 0 Å². The van der Waals surface area contributed by atoms with Gasteiger partial charge in [0.1, 0.15) is 5.75 Å². The third-order valence-corrected chi connectivity index (χ3v) is 9.58. The lowest BCUT2D eigenvalue weighted by atomic mass is 9.45. The Balaban J connectivity index is 1.47. The molecule has 1 aromatic rings. The summed E-state index contributed by atoms with van der Waals surface area (Å²) in [7, 11) is 1.74. The number of rotatable bonds is 2. The van der Waals surface area contributed by atoms with Crippen molar-refractivity contribution in [3.63, 3.8) is 0 Å². The van der Waals surface area contributed by atoms with Crippen LogP contribution in [-0.4, -0.2) is 19.1 Å². The van der Waals surface area contributed by atoms with Crippen molar-refractivity contribution in [1.82, 2.24) is 5.32 Å².